The Hall–Kier alpha value is -2.69. The fourth-order valence-electron chi connectivity index (χ4n) is 3.04. The first-order chi connectivity index (χ1) is 14.9. The predicted octanol–water partition coefficient (Wildman–Crippen LogP) is 7.17. The highest BCUT2D eigenvalue weighted by atomic mass is 35.5. The second-order valence-corrected chi connectivity index (χ2v) is 8.58. The van der Waals surface area contributed by atoms with E-state index in [0.717, 1.165) is 28.3 Å². The molecule has 3 aromatic rings. The summed E-state index contributed by atoms with van der Waals surface area (Å²) in [6, 6.07) is 21.1. The molecular formula is C25H26Cl2N2O2. The van der Waals surface area contributed by atoms with Gasteiger partial charge in [-0.1, -0.05) is 61.3 Å². The van der Waals surface area contributed by atoms with Crippen LogP contribution in [0.3, 0.4) is 0 Å². The molecular weight excluding hydrogens is 431 g/mol. The molecule has 0 aliphatic rings. The number of anilines is 2. The first kappa shape index (κ1) is 23.0. The molecule has 0 aromatic heterocycles. The van der Waals surface area contributed by atoms with E-state index in [2.05, 4.69) is 10.6 Å². The fourth-order valence-corrected chi connectivity index (χ4v) is 3.36. The first-order valence-electron chi connectivity index (χ1n) is 10.2. The van der Waals surface area contributed by atoms with Crippen molar-refractivity contribution in [3.8, 4) is 5.75 Å². The Bertz CT molecular complexity index is 1040. The second-order valence-electron chi connectivity index (χ2n) is 7.77. The van der Waals surface area contributed by atoms with Gasteiger partial charge in [-0.15, -0.1) is 0 Å². The third-order valence-corrected chi connectivity index (χ3v) is 5.26. The van der Waals surface area contributed by atoms with Crippen molar-refractivity contribution in [2.45, 2.75) is 33.4 Å². The summed E-state index contributed by atoms with van der Waals surface area (Å²) in [4.78, 5) is 12.0. The lowest BCUT2D eigenvalue weighted by Gasteiger charge is -2.12. The van der Waals surface area contributed by atoms with Gasteiger partial charge < -0.3 is 15.4 Å². The number of nitrogens with one attached hydrogen (secondary N) is 2. The van der Waals surface area contributed by atoms with Crippen LogP contribution < -0.4 is 15.4 Å². The number of hydrogen-bond acceptors (Lipinski definition) is 3. The van der Waals surface area contributed by atoms with Crippen molar-refractivity contribution in [3.63, 3.8) is 0 Å². The maximum absolute atomic E-state index is 12.0. The predicted molar refractivity (Wildman–Crippen MR) is 129 cm³/mol. The van der Waals surface area contributed by atoms with Crippen LogP contribution in [-0.2, 0) is 17.9 Å². The molecule has 162 valence electrons. The quantitative estimate of drug-likeness (QED) is 0.358. The topological polar surface area (TPSA) is 50.4 Å². The lowest BCUT2D eigenvalue weighted by molar-refractivity contribution is -0.116. The molecule has 0 unspecified atom stereocenters. The van der Waals surface area contributed by atoms with Crippen LogP contribution in [0.2, 0.25) is 10.0 Å². The number of amides is 1. The summed E-state index contributed by atoms with van der Waals surface area (Å²) in [6.07, 6.45) is 0.507. The summed E-state index contributed by atoms with van der Waals surface area (Å²) in [5.74, 6) is 1.13. The van der Waals surface area contributed by atoms with Gasteiger partial charge in [0.25, 0.3) is 0 Å². The largest absolute Gasteiger partial charge is 0.489 e. The molecule has 0 saturated carbocycles. The third-order valence-electron chi connectivity index (χ3n) is 4.52. The third kappa shape index (κ3) is 7.50. The summed E-state index contributed by atoms with van der Waals surface area (Å²) in [7, 11) is 0. The van der Waals surface area contributed by atoms with E-state index in [9.17, 15) is 4.79 Å². The van der Waals surface area contributed by atoms with Gasteiger partial charge in [0.05, 0.1) is 10.0 Å². The van der Waals surface area contributed by atoms with E-state index in [1.165, 1.54) is 0 Å². The van der Waals surface area contributed by atoms with Gasteiger partial charge in [0.15, 0.2) is 0 Å². The molecule has 6 heteroatoms. The zero-order chi connectivity index (χ0) is 22.2. The van der Waals surface area contributed by atoms with Crippen LogP contribution in [0.15, 0.2) is 66.7 Å². The molecule has 0 saturated heterocycles. The number of carbonyl (C=O) groups is 1. The highest BCUT2D eigenvalue weighted by Gasteiger charge is 2.06. The van der Waals surface area contributed by atoms with Gasteiger partial charge in [-0.3, -0.25) is 4.79 Å². The van der Waals surface area contributed by atoms with E-state index in [1.807, 2.05) is 74.5 Å². The molecule has 31 heavy (non-hydrogen) atoms. The number of benzene rings is 3. The summed E-state index contributed by atoms with van der Waals surface area (Å²) in [6.45, 7) is 5.10. The maximum atomic E-state index is 12.0. The Kier molecular flexibility index (Phi) is 8.21. The Morgan fingerprint density at radius 1 is 0.903 bits per heavy atom. The normalized spacial score (nSPS) is 10.7. The molecule has 0 fully saturated rings. The van der Waals surface area contributed by atoms with Crippen LogP contribution in [0.1, 0.15) is 31.4 Å². The van der Waals surface area contributed by atoms with Gasteiger partial charge in [0, 0.05) is 24.3 Å². The Morgan fingerprint density at radius 2 is 1.68 bits per heavy atom. The Balaban J connectivity index is 1.55. The molecule has 3 rings (SSSR count). The zero-order valence-electron chi connectivity index (χ0n) is 17.6. The van der Waals surface area contributed by atoms with Crippen molar-refractivity contribution in [1.29, 1.82) is 0 Å². The van der Waals surface area contributed by atoms with E-state index in [0.29, 0.717) is 35.5 Å². The molecule has 0 aliphatic heterocycles. The fraction of sp³-hybridized carbons (Fsp3) is 0.240. The van der Waals surface area contributed by atoms with Gasteiger partial charge in [0.1, 0.15) is 12.4 Å². The number of rotatable bonds is 9. The minimum atomic E-state index is 0.0268. The number of ether oxygens (including phenoxy) is 1. The average Bonchev–Trinajstić information content (AvgIpc) is 2.73. The van der Waals surface area contributed by atoms with E-state index in [1.54, 1.807) is 6.07 Å². The molecule has 0 heterocycles. The van der Waals surface area contributed by atoms with E-state index >= 15 is 0 Å². The molecule has 2 N–H and O–H groups in total. The smallest absolute Gasteiger partial charge is 0.224 e. The lowest BCUT2D eigenvalue weighted by Crippen LogP contribution is -2.13. The molecule has 0 radical (unpaired) electrons. The number of carbonyl (C=O) groups excluding carboxylic acids is 1. The SMILES string of the molecule is CC(C)CC(=O)Nc1cccc(NCc2cccc(OCc3ccc(Cl)c(Cl)c3)c2)c1. The average molecular weight is 457 g/mol. The molecule has 4 nitrogen and oxygen atoms in total. The van der Waals surface area contributed by atoms with Crippen molar-refractivity contribution in [2.75, 3.05) is 10.6 Å². The summed E-state index contributed by atoms with van der Waals surface area (Å²) >= 11 is 12.0. The van der Waals surface area contributed by atoms with Crippen LogP contribution in [0.5, 0.6) is 5.75 Å². The van der Waals surface area contributed by atoms with Crippen molar-refractivity contribution >= 4 is 40.5 Å². The van der Waals surface area contributed by atoms with Crippen LogP contribution in [0.4, 0.5) is 11.4 Å². The summed E-state index contributed by atoms with van der Waals surface area (Å²) < 4.78 is 5.90. The molecule has 0 atom stereocenters. The van der Waals surface area contributed by atoms with Gasteiger partial charge in [0.2, 0.25) is 5.91 Å². The highest BCUT2D eigenvalue weighted by Crippen LogP contribution is 2.24. The standard InChI is InChI=1S/C25H26Cl2N2O2/c1-17(2)11-25(30)29-21-7-4-6-20(14-21)28-15-18-5-3-8-22(12-18)31-16-19-9-10-23(26)24(27)13-19/h3-10,12-14,17,28H,11,15-16H2,1-2H3,(H,29,30). The molecule has 3 aromatic carbocycles. The second kappa shape index (κ2) is 11.1. The van der Waals surface area contributed by atoms with E-state index < -0.39 is 0 Å². The Morgan fingerprint density at radius 3 is 2.45 bits per heavy atom. The minimum Gasteiger partial charge on any atom is -0.489 e. The van der Waals surface area contributed by atoms with Crippen molar-refractivity contribution in [3.05, 3.63) is 87.9 Å². The van der Waals surface area contributed by atoms with Crippen molar-refractivity contribution in [2.24, 2.45) is 5.92 Å². The molecule has 0 bridgehead atoms. The lowest BCUT2D eigenvalue weighted by atomic mass is 10.1. The van der Waals surface area contributed by atoms with E-state index in [-0.39, 0.29) is 5.91 Å². The Labute approximate surface area is 193 Å². The summed E-state index contributed by atoms with van der Waals surface area (Å²) in [5, 5.41) is 7.38. The van der Waals surface area contributed by atoms with Crippen LogP contribution in [0, 0.1) is 5.92 Å². The highest BCUT2D eigenvalue weighted by molar-refractivity contribution is 6.42. The van der Waals surface area contributed by atoms with Gasteiger partial charge in [-0.05, 0) is 59.5 Å². The van der Waals surface area contributed by atoms with Crippen LogP contribution in [-0.4, -0.2) is 5.91 Å². The maximum Gasteiger partial charge on any atom is 0.224 e. The molecule has 0 aliphatic carbocycles. The van der Waals surface area contributed by atoms with Crippen LogP contribution >= 0.6 is 23.2 Å². The zero-order valence-corrected chi connectivity index (χ0v) is 19.1. The monoisotopic (exact) mass is 456 g/mol. The van der Waals surface area contributed by atoms with Crippen molar-refractivity contribution < 1.29 is 9.53 Å². The number of hydrogen-bond donors (Lipinski definition) is 2. The van der Waals surface area contributed by atoms with Gasteiger partial charge >= 0.3 is 0 Å². The van der Waals surface area contributed by atoms with Crippen LogP contribution in [0.25, 0.3) is 0 Å². The number of halogens is 2. The minimum absolute atomic E-state index is 0.0268. The molecule has 1 amide bonds. The van der Waals surface area contributed by atoms with Crippen molar-refractivity contribution in [1.82, 2.24) is 0 Å². The van der Waals surface area contributed by atoms with Gasteiger partial charge in [-0.25, -0.2) is 0 Å². The van der Waals surface area contributed by atoms with E-state index in [4.69, 9.17) is 27.9 Å². The first-order valence-corrected chi connectivity index (χ1v) is 10.9. The molecule has 0 spiro atoms. The summed E-state index contributed by atoms with van der Waals surface area (Å²) in [5.41, 5.74) is 3.76. The van der Waals surface area contributed by atoms with Gasteiger partial charge in [-0.2, -0.15) is 0 Å².